The van der Waals surface area contributed by atoms with E-state index in [0.29, 0.717) is 11.2 Å². The molecule has 4 aromatic rings. The second kappa shape index (κ2) is 11.3. The summed E-state index contributed by atoms with van der Waals surface area (Å²) in [6.07, 6.45) is -8.00. The van der Waals surface area contributed by atoms with Crippen LogP contribution in [0.5, 0.6) is 0 Å². The third kappa shape index (κ3) is 5.58. The minimum absolute atomic E-state index is 0.0296. The molecule has 19 nitrogen and oxygen atoms in total. The van der Waals surface area contributed by atoms with Gasteiger partial charge in [0.1, 0.15) is 36.0 Å². The molecule has 0 saturated carbocycles. The Hall–Kier alpha value is -2.56. The number of alkyl halides is 1. The van der Waals surface area contributed by atoms with Crippen molar-refractivity contribution in [2.45, 2.75) is 49.1 Å². The Bertz CT molecular complexity index is 1950. The summed E-state index contributed by atoms with van der Waals surface area (Å²) in [6, 6.07) is 1.53. The number of fused-ring (bicyclic) bond motifs is 5. The minimum Gasteiger partial charge on any atom is -0.397 e. The van der Waals surface area contributed by atoms with Gasteiger partial charge >= 0.3 is 13.4 Å². The number of nitrogens with one attached hydrogen (secondary N) is 1. The van der Waals surface area contributed by atoms with Crippen molar-refractivity contribution in [1.29, 1.82) is 0 Å². The number of pyridine rings is 1. The van der Waals surface area contributed by atoms with Crippen LogP contribution < -0.4 is 17.0 Å². The van der Waals surface area contributed by atoms with Crippen LogP contribution in [-0.2, 0) is 51.2 Å². The smallest absolute Gasteiger partial charge is 0.325 e. The van der Waals surface area contributed by atoms with E-state index in [1.165, 1.54) is 34.1 Å². The summed E-state index contributed by atoms with van der Waals surface area (Å²) in [5, 5.41) is 11.1. The van der Waals surface area contributed by atoms with E-state index < -0.39 is 81.4 Å². The van der Waals surface area contributed by atoms with Crippen molar-refractivity contribution in [3.05, 3.63) is 35.3 Å². The number of nitrogen functional groups attached to an aromatic ring is 2. The summed E-state index contributed by atoms with van der Waals surface area (Å²) in [4.78, 5) is 53.2. The number of H-pyrrole nitrogens is 1. The first-order valence-corrected chi connectivity index (χ1v) is 18.2. The minimum atomic E-state index is -4.26. The highest BCUT2D eigenvalue weighted by molar-refractivity contribution is 8.07. The van der Waals surface area contributed by atoms with Crippen molar-refractivity contribution in [2.75, 3.05) is 24.7 Å². The third-order valence-electron chi connectivity index (χ3n) is 7.38. The molecule has 3 saturated heterocycles. The molecule has 2 bridgehead atoms. The molecule has 4 aromatic heterocycles. The zero-order valence-electron chi connectivity index (χ0n) is 22.5. The van der Waals surface area contributed by atoms with Gasteiger partial charge in [0.2, 0.25) is 5.95 Å². The lowest BCUT2D eigenvalue weighted by Gasteiger charge is -2.27. The predicted molar refractivity (Wildman–Crippen MR) is 158 cm³/mol. The monoisotopic (exact) mass is 707 g/mol. The van der Waals surface area contributed by atoms with E-state index in [1.807, 2.05) is 0 Å². The topological polar surface area (TPSA) is 262 Å². The molecule has 0 amide bonds. The number of imidazole rings is 2. The van der Waals surface area contributed by atoms with Crippen molar-refractivity contribution < 1.29 is 46.9 Å². The Balaban J connectivity index is 1.21. The molecular formula is C21H24FN9O10P2S2. The SMILES string of the molecule is Nc1nc2c(ncn2[C@@H]2O[C@@H]3COP(O)(=S)OC4[C@@H](COP(O)(=S)OC2C3O)O[C@@H](n2cnc3c(N)ccnc32)[C@H]4F)c(=O)[nH]1. The Morgan fingerprint density at radius 2 is 1.56 bits per heavy atom. The molecule has 0 spiro atoms. The van der Waals surface area contributed by atoms with Crippen LogP contribution in [-0.4, -0.2) is 98.9 Å². The third-order valence-corrected chi connectivity index (χ3v) is 10.5. The summed E-state index contributed by atoms with van der Waals surface area (Å²) in [5.74, 6) is -0.223. The normalized spacial score (nSPS) is 37.7. The number of anilines is 2. The number of aromatic nitrogens is 7. The fourth-order valence-corrected chi connectivity index (χ4v) is 8.19. The highest BCUT2D eigenvalue weighted by Crippen LogP contribution is 2.54. The first kappa shape index (κ1) is 31.1. The number of ether oxygens (including phenoxy) is 2. The van der Waals surface area contributed by atoms with Gasteiger partial charge < -0.3 is 44.9 Å². The highest BCUT2D eigenvalue weighted by Gasteiger charge is 2.53. The zero-order chi connectivity index (χ0) is 31.8. The molecule has 0 aliphatic carbocycles. The summed E-state index contributed by atoms with van der Waals surface area (Å²) in [5.41, 5.74) is 11.7. The number of nitrogens with zero attached hydrogens (tertiary/aromatic N) is 6. The Labute approximate surface area is 260 Å². The largest absolute Gasteiger partial charge is 0.397 e. The molecule has 0 radical (unpaired) electrons. The van der Waals surface area contributed by atoms with E-state index in [1.54, 1.807) is 0 Å². The summed E-state index contributed by atoms with van der Waals surface area (Å²) in [6.45, 7) is -9.69. The second-order valence-corrected chi connectivity index (χ2v) is 15.8. The van der Waals surface area contributed by atoms with E-state index in [2.05, 4.69) is 24.9 Å². The van der Waals surface area contributed by atoms with Crippen molar-refractivity contribution in [3.8, 4) is 0 Å². The Kier molecular flexibility index (Phi) is 7.80. The molecule has 45 heavy (non-hydrogen) atoms. The first-order chi connectivity index (χ1) is 21.3. The lowest BCUT2D eigenvalue weighted by Crippen LogP contribution is -2.35. The van der Waals surface area contributed by atoms with Crippen LogP contribution >= 0.6 is 13.4 Å². The average Bonchev–Trinajstić information content (AvgIpc) is 3.72. The van der Waals surface area contributed by atoms with Gasteiger partial charge in [-0.1, -0.05) is 0 Å². The fourth-order valence-electron chi connectivity index (χ4n) is 5.34. The van der Waals surface area contributed by atoms with Crippen LogP contribution in [0.3, 0.4) is 0 Å². The van der Waals surface area contributed by atoms with Crippen molar-refractivity contribution in [2.24, 2.45) is 0 Å². The summed E-state index contributed by atoms with van der Waals surface area (Å²) < 4.78 is 52.7. The average molecular weight is 708 g/mol. The van der Waals surface area contributed by atoms with E-state index in [9.17, 15) is 19.7 Å². The molecule has 3 fully saturated rings. The van der Waals surface area contributed by atoms with Gasteiger partial charge in [-0.2, -0.15) is 4.98 Å². The number of halogens is 1. The van der Waals surface area contributed by atoms with Crippen LogP contribution in [0.25, 0.3) is 22.3 Å². The standard InChI is InChI=1S/C21H24FN9O10P2S2/c22-10-14-9(39-19(10)30-5-26-11-7(23)1-2-25-16(11)30)4-37-43(35,45)41-15-13(32)8(3-36-42(34,44)40-14)38-20(15)31-6-27-12-17(31)28-21(24)29-18(12)33/h1-2,5-6,8-10,13-15,19-20,32H,3-4H2,(H2,23,25)(H,34,44)(H,35,45)(H3,24,28,29,33)/t8-,9-,10+,13?,14?,15?,19-,20-,42?,43?/m1/s1. The molecule has 3 aliphatic rings. The number of aliphatic hydroxyl groups is 1. The van der Waals surface area contributed by atoms with Crippen LogP contribution in [0, 0.1) is 0 Å². The van der Waals surface area contributed by atoms with Crippen LogP contribution in [0.1, 0.15) is 12.5 Å². The molecule has 0 aromatic carbocycles. The van der Waals surface area contributed by atoms with E-state index in [0.717, 1.165) is 0 Å². The maximum Gasteiger partial charge on any atom is 0.325 e. The lowest BCUT2D eigenvalue weighted by atomic mass is 10.1. The molecule has 7 rings (SSSR count). The van der Waals surface area contributed by atoms with Crippen molar-refractivity contribution in [1.82, 2.24) is 34.1 Å². The number of rotatable bonds is 2. The number of nitrogens with two attached hydrogens (primary N) is 2. The van der Waals surface area contributed by atoms with Crippen LogP contribution in [0.4, 0.5) is 16.0 Å². The molecule has 5 unspecified atom stereocenters. The Morgan fingerprint density at radius 3 is 2.29 bits per heavy atom. The van der Waals surface area contributed by atoms with Gasteiger partial charge in [0.15, 0.2) is 35.4 Å². The number of aromatic amines is 1. The van der Waals surface area contributed by atoms with Crippen LogP contribution in [0.15, 0.2) is 29.7 Å². The number of hydrogen-bond acceptors (Lipinski definition) is 16. The van der Waals surface area contributed by atoms with Gasteiger partial charge in [-0.25, -0.2) is 19.3 Å². The molecule has 7 heterocycles. The summed E-state index contributed by atoms with van der Waals surface area (Å²) in [7, 11) is 0. The fraction of sp³-hybridized carbons (Fsp3) is 0.476. The molecule has 8 N–H and O–H groups in total. The quantitative estimate of drug-likeness (QED) is 0.143. The molecule has 242 valence electrons. The molecule has 10 atom stereocenters. The van der Waals surface area contributed by atoms with Gasteiger partial charge in [-0.3, -0.25) is 28.0 Å². The van der Waals surface area contributed by atoms with Gasteiger partial charge in [-0.05, 0) is 29.7 Å². The maximum absolute atomic E-state index is 16.0. The summed E-state index contributed by atoms with van der Waals surface area (Å²) >= 11 is 10.4. The van der Waals surface area contributed by atoms with Gasteiger partial charge in [0, 0.05) is 6.20 Å². The number of aliphatic hydroxyl groups excluding tert-OH is 1. The first-order valence-electron chi connectivity index (χ1n) is 13.1. The molecular weight excluding hydrogens is 683 g/mol. The van der Waals surface area contributed by atoms with Crippen molar-refractivity contribution in [3.63, 3.8) is 0 Å². The number of hydrogen-bond donors (Lipinski definition) is 6. The van der Waals surface area contributed by atoms with Gasteiger partial charge in [0.05, 0.1) is 31.6 Å². The van der Waals surface area contributed by atoms with E-state index in [4.69, 9.17) is 62.6 Å². The molecule has 3 aliphatic heterocycles. The van der Waals surface area contributed by atoms with E-state index >= 15 is 4.39 Å². The molecule has 24 heteroatoms. The zero-order valence-corrected chi connectivity index (χ0v) is 25.9. The van der Waals surface area contributed by atoms with Crippen molar-refractivity contribution >= 4 is 71.0 Å². The van der Waals surface area contributed by atoms with E-state index in [-0.39, 0.29) is 22.8 Å². The lowest BCUT2D eigenvalue weighted by molar-refractivity contribution is -0.0602. The van der Waals surface area contributed by atoms with Gasteiger partial charge in [-0.15, -0.1) is 0 Å². The van der Waals surface area contributed by atoms with Crippen LogP contribution in [0.2, 0.25) is 0 Å². The second-order valence-electron chi connectivity index (χ2n) is 10.2. The maximum atomic E-state index is 16.0. The highest BCUT2D eigenvalue weighted by atomic mass is 32.5. The predicted octanol–water partition coefficient (Wildman–Crippen LogP) is -0.527. The van der Waals surface area contributed by atoms with Gasteiger partial charge in [0.25, 0.3) is 5.56 Å². The Morgan fingerprint density at radius 1 is 0.933 bits per heavy atom.